The van der Waals surface area contributed by atoms with Crippen molar-refractivity contribution in [3.63, 3.8) is 0 Å². The summed E-state index contributed by atoms with van der Waals surface area (Å²) >= 11 is 2.53. The summed E-state index contributed by atoms with van der Waals surface area (Å²) < 4.78 is 15.1. The van der Waals surface area contributed by atoms with Gasteiger partial charge in [-0.2, -0.15) is 0 Å². The maximum absolute atomic E-state index is 9.25. The molecular weight excluding hydrogens is 406 g/mol. The van der Waals surface area contributed by atoms with Gasteiger partial charge in [-0.3, -0.25) is 4.90 Å². The fourth-order valence-electron chi connectivity index (χ4n) is 3.59. The lowest BCUT2D eigenvalue weighted by atomic mass is 10.1. The van der Waals surface area contributed by atoms with Gasteiger partial charge in [0.05, 0.1) is 11.1 Å². The minimum absolute atomic E-state index is 0.509. The molecule has 4 heterocycles. The largest absolute Gasteiger partial charge is 0.484 e. The average Bonchev–Trinajstić information content (AvgIpc) is 3.17. The van der Waals surface area contributed by atoms with E-state index in [0.717, 1.165) is 54.6 Å². The number of thiophene rings is 1. The second-order valence-corrected chi connectivity index (χ2v) is 8.89. The summed E-state index contributed by atoms with van der Waals surface area (Å²) in [4.78, 5) is 14.9. The summed E-state index contributed by atoms with van der Waals surface area (Å²) in [5.74, 6) is 1.23. The summed E-state index contributed by atoms with van der Waals surface area (Å²) in [5.41, 5.74) is 2.80. The Hall–Kier alpha value is -2.17. The summed E-state index contributed by atoms with van der Waals surface area (Å²) in [6, 6.07) is 9.74. The summed E-state index contributed by atoms with van der Waals surface area (Å²) in [5, 5.41) is 6.62. The third-order valence-corrected chi connectivity index (χ3v) is 6.57. The van der Waals surface area contributed by atoms with Gasteiger partial charge in [-0.1, -0.05) is 6.07 Å². The van der Waals surface area contributed by atoms with Crippen LogP contribution in [-0.4, -0.2) is 45.6 Å². The smallest absolute Gasteiger partial charge is 0.227 e. The molecule has 1 fully saturated rings. The lowest BCUT2D eigenvalue weighted by molar-refractivity contribution is 0.235. The molecule has 29 heavy (non-hydrogen) atoms. The van der Waals surface area contributed by atoms with Gasteiger partial charge >= 0.3 is 0 Å². The van der Waals surface area contributed by atoms with Crippen LogP contribution in [0.3, 0.4) is 0 Å². The maximum atomic E-state index is 9.25. The van der Waals surface area contributed by atoms with Crippen LogP contribution in [0, 0.1) is 0 Å². The lowest BCUT2D eigenvalue weighted by Crippen LogP contribution is -2.42. The fourth-order valence-corrected chi connectivity index (χ4v) is 5.03. The molecule has 0 radical (unpaired) electrons. The van der Waals surface area contributed by atoms with Crippen molar-refractivity contribution in [1.82, 2.24) is 20.2 Å². The van der Waals surface area contributed by atoms with Gasteiger partial charge < -0.3 is 19.9 Å². The molecule has 0 atom stereocenters. The number of nitrogens with one attached hydrogen (secondary N) is 2. The molecule has 0 spiro atoms. The first-order valence-electron chi connectivity index (χ1n) is 9.52. The van der Waals surface area contributed by atoms with Crippen molar-refractivity contribution in [2.45, 2.75) is 18.0 Å². The molecule has 1 aromatic carbocycles. The standard InChI is InChI=1S/C20H21N5O2S2/c26-29-14-3-1-2-13(8-14)23-20-22-10-17-19(24-20)16-9-15(28-18(16)12-27-17)11-25-6-4-21-5-7-25/h1-3,8-10,21,26H,4-7,11-12H2,(H,22,23,24). The predicted molar refractivity (Wildman–Crippen MR) is 116 cm³/mol. The highest BCUT2D eigenvalue weighted by atomic mass is 32.2. The number of fused-ring (bicyclic) bond motifs is 3. The second kappa shape index (κ2) is 8.29. The Labute approximate surface area is 177 Å². The van der Waals surface area contributed by atoms with E-state index in [-0.39, 0.29) is 0 Å². The van der Waals surface area contributed by atoms with E-state index in [0.29, 0.717) is 30.3 Å². The van der Waals surface area contributed by atoms with Crippen molar-refractivity contribution in [3.05, 3.63) is 46.3 Å². The molecule has 3 aromatic rings. The van der Waals surface area contributed by atoms with Gasteiger partial charge in [0.15, 0.2) is 5.75 Å². The van der Waals surface area contributed by atoms with Crippen molar-refractivity contribution >= 4 is 35.0 Å². The van der Waals surface area contributed by atoms with E-state index in [4.69, 9.17) is 9.72 Å². The molecule has 0 saturated carbocycles. The van der Waals surface area contributed by atoms with Gasteiger partial charge in [0.1, 0.15) is 12.3 Å². The van der Waals surface area contributed by atoms with Gasteiger partial charge in [-0.15, -0.1) is 11.3 Å². The average molecular weight is 428 g/mol. The van der Waals surface area contributed by atoms with E-state index in [1.54, 1.807) is 6.20 Å². The first kappa shape index (κ1) is 18.8. The molecule has 0 aliphatic carbocycles. The van der Waals surface area contributed by atoms with E-state index in [1.165, 1.54) is 9.75 Å². The van der Waals surface area contributed by atoms with Gasteiger partial charge in [0, 0.05) is 65.8 Å². The number of piperazine rings is 1. The van der Waals surface area contributed by atoms with E-state index < -0.39 is 0 Å². The van der Waals surface area contributed by atoms with Crippen molar-refractivity contribution in [2.75, 3.05) is 31.5 Å². The van der Waals surface area contributed by atoms with Crippen LogP contribution < -0.4 is 15.4 Å². The molecule has 2 aliphatic rings. The van der Waals surface area contributed by atoms with Crippen molar-refractivity contribution < 1.29 is 9.29 Å². The van der Waals surface area contributed by atoms with Crippen molar-refractivity contribution in [1.29, 1.82) is 0 Å². The normalized spacial score (nSPS) is 16.0. The van der Waals surface area contributed by atoms with Crippen LogP contribution in [0.15, 0.2) is 41.4 Å². The van der Waals surface area contributed by atoms with Crippen LogP contribution in [0.25, 0.3) is 11.3 Å². The third kappa shape index (κ3) is 4.10. The predicted octanol–water partition coefficient (Wildman–Crippen LogP) is 3.81. The Bertz CT molecular complexity index is 1020. The zero-order chi connectivity index (χ0) is 19.6. The zero-order valence-electron chi connectivity index (χ0n) is 15.7. The molecule has 1 saturated heterocycles. The number of nitrogens with zero attached hydrogens (tertiary/aromatic N) is 3. The monoisotopic (exact) mass is 427 g/mol. The Balaban J connectivity index is 1.40. The van der Waals surface area contributed by atoms with E-state index in [1.807, 2.05) is 35.6 Å². The van der Waals surface area contributed by atoms with Crippen LogP contribution >= 0.6 is 23.4 Å². The number of aromatic nitrogens is 2. The topological polar surface area (TPSA) is 82.5 Å². The molecule has 0 unspecified atom stereocenters. The lowest BCUT2D eigenvalue weighted by Gasteiger charge is -2.26. The van der Waals surface area contributed by atoms with Gasteiger partial charge in [-0.25, -0.2) is 9.97 Å². The molecule has 7 nitrogen and oxygen atoms in total. The van der Waals surface area contributed by atoms with Crippen LogP contribution in [0.5, 0.6) is 5.75 Å². The minimum atomic E-state index is 0.509. The molecule has 0 amide bonds. The van der Waals surface area contributed by atoms with E-state index >= 15 is 0 Å². The molecular formula is C20H21N5O2S2. The quantitative estimate of drug-likeness (QED) is 0.530. The Morgan fingerprint density at radius 2 is 2.17 bits per heavy atom. The molecule has 2 aliphatic heterocycles. The molecule has 150 valence electrons. The van der Waals surface area contributed by atoms with Crippen LogP contribution in [0.1, 0.15) is 9.75 Å². The number of benzene rings is 1. The summed E-state index contributed by atoms with van der Waals surface area (Å²) in [7, 11) is 0. The van der Waals surface area contributed by atoms with E-state index in [2.05, 4.69) is 26.6 Å². The number of hydrogen-bond acceptors (Lipinski definition) is 9. The van der Waals surface area contributed by atoms with Crippen LogP contribution in [0.4, 0.5) is 11.6 Å². The number of rotatable bonds is 5. The maximum Gasteiger partial charge on any atom is 0.227 e. The number of hydrogen-bond donors (Lipinski definition) is 3. The van der Waals surface area contributed by atoms with Gasteiger partial charge in [-0.05, 0) is 24.3 Å². The Morgan fingerprint density at radius 1 is 1.28 bits per heavy atom. The number of anilines is 2. The summed E-state index contributed by atoms with van der Waals surface area (Å²) in [6.45, 7) is 5.80. The van der Waals surface area contributed by atoms with Crippen LogP contribution in [-0.2, 0) is 13.2 Å². The highest BCUT2D eigenvalue weighted by Gasteiger charge is 2.24. The summed E-state index contributed by atoms with van der Waals surface area (Å²) in [6.07, 6.45) is 1.73. The molecule has 5 rings (SSSR count). The highest BCUT2D eigenvalue weighted by molar-refractivity contribution is 7.93. The number of ether oxygens (including phenoxy) is 1. The second-order valence-electron chi connectivity index (χ2n) is 7.01. The van der Waals surface area contributed by atoms with E-state index in [9.17, 15) is 4.55 Å². The van der Waals surface area contributed by atoms with Crippen molar-refractivity contribution in [2.24, 2.45) is 0 Å². The molecule has 2 aromatic heterocycles. The Morgan fingerprint density at radius 3 is 3.03 bits per heavy atom. The third-order valence-electron chi connectivity index (χ3n) is 5.01. The zero-order valence-corrected chi connectivity index (χ0v) is 17.4. The van der Waals surface area contributed by atoms with Gasteiger partial charge in [0.2, 0.25) is 5.95 Å². The molecule has 0 bridgehead atoms. The molecule has 3 N–H and O–H groups in total. The Kier molecular flexibility index (Phi) is 5.38. The van der Waals surface area contributed by atoms with Crippen molar-refractivity contribution in [3.8, 4) is 17.0 Å². The molecule has 9 heteroatoms. The first-order chi connectivity index (χ1) is 14.3. The minimum Gasteiger partial charge on any atom is -0.484 e. The highest BCUT2D eigenvalue weighted by Crippen LogP contribution is 2.41. The fraction of sp³-hybridized carbons (Fsp3) is 0.300. The van der Waals surface area contributed by atoms with Gasteiger partial charge in [0.25, 0.3) is 0 Å². The SMILES string of the molecule is OSc1cccc(Nc2ncc3c(n2)-c2cc(CN4CCNCC4)sc2CO3)c1. The van der Waals surface area contributed by atoms with Crippen LogP contribution in [0.2, 0.25) is 0 Å². The first-order valence-corrected chi connectivity index (χ1v) is 11.1.